The predicted molar refractivity (Wildman–Crippen MR) is 56.3 cm³/mol. The first kappa shape index (κ1) is 17.8. The van der Waals surface area contributed by atoms with Crippen molar-refractivity contribution < 1.29 is 9.59 Å². The van der Waals surface area contributed by atoms with E-state index >= 15 is 0 Å². The van der Waals surface area contributed by atoms with Crippen LogP contribution in [-0.4, -0.2) is 12.2 Å². The molecule has 0 fully saturated rings. The molecule has 0 aliphatic heterocycles. The highest BCUT2D eigenvalue weighted by Crippen LogP contribution is 1.82. The Morgan fingerprint density at radius 2 is 1.46 bits per heavy atom. The van der Waals surface area contributed by atoms with Gasteiger partial charge < -0.3 is 10.5 Å². The summed E-state index contributed by atoms with van der Waals surface area (Å²) in [5.41, 5.74) is 6.03. The van der Waals surface area contributed by atoms with Gasteiger partial charge in [-0.25, -0.2) is 0 Å². The van der Waals surface area contributed by atoms with Gasteiger partial charge >= 0.3 is 0 Å². The molecule has 0 unspecified atom stereocenters. The summed E-state index contributed by atoms with van der Waals surface area (Å²) in [6.45, 7) is 9.37. The summed E-state index contributed by atoms with van der Waals surface area (Å²) in [6.07, 6.45) is 3.28. The molecule has 3 heteroatoms. The maximum absolute atomic E-state index is 9.59. The van der Waals surface area contributed by atoms with E-state index in [0.29, 0.717) is 6.42 Å². The van der Waals surface area contributed by atoms with E-state index in [-0.39, 0.29) is 5.91 Å². The molecule has 0 saturated heterocycles. The van der Waals surface area contributed by atoms with Gasteiger partial charge in [0.25, 0.3) is 0 Å². The van der Waals surface area contributed by atoms with Crippen LogP contribution in [0.25, 0.3) is 0 Å². The van der Waals surface area contributed by atoms with Gasteiger partial charge in [0.1, 0.15) is 6.29 Å². The fourth-order valence-corrected chi connectivity index (χ4v) is 0. The second kappa shape index (κ2) is 17.1. The number of hydrogen-bond acceptors (Lipinski definition) is 2. The molecule has 0 aliphatic carbocycles. The Hall–Kier alpha value is -1.12. The molecule has 0 aliphatic rings. The first-order valence-corrected chi connectivity index (χ1v) is 4.23. The van der Waals surface area contributed by atoms with Crippen molar-refractivity contribution in [3.05, 3.63) is 11.6 Å². The number of primary amides is 1. The summed E-state index contributed by atoms with van der Waals surface area (Å²) < 4.78 is 0. The Morgan fingerprint density at radius 3 is 1.46 bits per heavy atom. The zero-order chi connectivity index (χ0) is 11.3. The van der Waals surface area contributed by atoms with Crippen molar-refractivity contribution >= 4 is 12.2 Å². The van der Waals surface area contributed by atoms with Gasteiger partial charge in [0.15, 0.2) is 0 Å². The minimum Gasteiger partial charge on any atom is -0.370 e. The van der Waals surface area contributed by atoms with Gasteiger partial charge in [-0.2, -0.15) is 0 Å². The van der Waals surface area contributed by atoms with Crippen LogP contribution in [0.4, 0.5) is 0 Å². The molecule has 13 heavy (non-hydrogen) atoms. The van der Waals surface area contributed by atoms with Crippen molar-refractivity contribution in [1.82, 2.24) is 0 Å². The highest BCUT2D eigenvalue weighted by molar-refractivity contribution is 5.73. The summed E-state index contributed by atoms with van der Waals surface area (Å²) in [7, 11) is 0. The van der Waals surface area contributed by atoms with Crippen LogP contribution >= 0.6 is 0 Å². The smallest absolute Gasteiger partial charge is 0.217 e. The summed E-state index contributed by atoms with van der Waals surface area (Å²) in [5, 5.41) is 0. The quantitative estimate of drug-likeness (QED) is 0.504. The predicted octanol–water partition coefficient (Wildman–Crippen LogP) is 2.06. The number of amides is 1. The lowest BCUT2D eigenvalue weighted by Gasteiger charge is -1.74. The number of hydrogen-bond donors (Lipinski definition) is 1. The van der Waals surface area contributed by atoms with Crippen molar-refractivity contribution in [1.29, 1.82) is 0 Å². The molecular weight excluding hydrogens is 166 g/mol. The first-order chi connectivity index (χ1) is 5.95. The lowest BCUT2D eigenvalue weighted by Crippen LogP contribution is -2.06. The number of nitrogens with two attached hydrogens (primary N) is 1. The molecule has 0 bridgehead atoms. The zero-order valence-electron chi connectivity index (χ0n) is 9.26. The average molecular weight is 187 g/mol. The lowest BCUT2D eigenvalue weighted by atomic mass is 10.3. The van der Waals surface area contributed by atoms with Gasteiger partial charge in [0, 0.05) is 6.42 Å². The van der Waals surface area contributed by atoms with E-state index in [1.165, 1.54) is 12.5 Å². The fourth-order valence-electron chi connectivity index (χ4n) is 0. The van der Waals surface area contributed by atoms with E-state index in [1.54, 1.807) is 6.92 Å². The number of carbonyl (C=O) groups is 2. The standard InChI is InChI=1S/C5H10.C3H7NO.C2H4O/c1-4-5(2)3;1-2-3(4)5;1-2-3/h4H,1-3H3;2H2,1H3,(H2,4,5);2H,1H3. The molecule has 3 nitrogen and oxygen atoms in total. The fraction of sp³-hybridized carbons (Fsp3) is 0.600. The van der Waals surface area contributed by atoms with Crippen LogP contribution in [0.1, 0.15) is 41.0 Å². The van der Waals surface area contributed by atoms with Crippen molar-refractivity contribution in [2.24, 2.45) is 5.73 Å². The van der Waals surface area contributed by atoms with Gasteiger partial charge in [0.2, 0.25) is 5.91 Å². The van der Waals surface area contributed by atoms with E-state index in [1.807, 2.05) is 6.92 Å². The van der Waals surface area contributed by atoms with Crippen LogP contribution in [0.5, 0.6) is 0 Å². The third kappa shape index (κ3) is 103. The van der Waals surface area contributed by atoms with E-state index in [4.69, 9.17) is 4.79 Å². The largest absolute Gasteiger partial charge is 0.370 e. The van der Waals surface area contributed by atoms with Crippen LogP contribution in [0.2, 0.25) is 0 Å². The Labute approximate surface area is 81.0 Å². The van der Waals surface area contributed by atoms with E-state index < -0.39 is 0 Å². The van der Waals surface area contributed by atoms with Gasteiger partial charge in [-0.1, -0.05) is 18.6 Å². The van der Waals surface area contributed by atoms with Crippen LogP contribution in [0, 0.1) is 0 Å². The van der Waals surface area contributed by atoms with Crippen LogP contribution < -0.4 is 5.73 Å². The number of aldehydes is 1. The molecule has 0 rings (SSSR count). The maximum Gasteiger partial charge on any atom is 0.217 e. The highest BCUT2D eigenvalue weighted by atomic mass is 16.1. The normalized spacial score (nSPS) is 6.54. The van der Waals surface area contributed by atoms with E-state index in [0.717, 1.165) is 6.29 Å². The lowest BCUT2D eigenvalue weighted by molar-refractivity contribution is -0.117. The topological polar surface area (TPSA) is 60.2 Å². The highest BCUT2D eigenvalue weighted by Gasteiger charge is 1.77. The monoisotopic (exact) mass is 187 g/mol. The summed E-state index contributed by atoms with van der Waals surface area (Å²) >= 11 is 0. The van der Waals surface area contributed by atoms with Gasteiger partial charge in [-0.3, -0.25) is 4.79 Å². The zero-order valence-corrected chi connectivity index (χ0v) is 9.26. The van der Waals surface area contributed by atoms with Gasteiger partial charge in [-0.05, 0) is 27.7 Å². The molecule has 0 saturated carbocycles. The summed E-state index contributed by atoms with van der Waals surface area (Å²) in [4.78, 5) is 18.4. The van der Waals surface area contributed by atoms with E-state index in [2.05, 4.69) is 25.7 Å². The third-order valence-corrected chi connectivity index (χ3v) is 0.926. The maximum atomic E-state index is 9.59. The Bertz CT molecular complexity index is 147. The molecule has 0 aromatic rings. The molecule has 1 amide bonds. The molecule has 78 valence electrons. The second-order valence-corrected chi connectivity index (χ2v) is 2.42. The Morgan fingerprint density at radius 1 is 1.31 bits per heavy atom. The molecule has 2 N–H and O–H groups in total. The molecule has 0 aromatic heterocycles. The molecule has 0 radical (unpaired) electrons. The number of rotatable bonds is 1. The average Bonchev–Trinajstić information content (AvgIpc) is 2.07. The Balaban J connectivity index is -0.000000120. The van der Waals surface area contributed by atoms with Crippen LogP contribution in [0.3, 0.4) is 0 Å². The number of carbonyl (C=O) groups excluding carboxylic acids is 2. The molecular formula is C10H21NO2. The third-order valence-electron chi connectivity index (χ3n) is 0.926. The first-order valence-electron chi connectivity index (χ1n) is 4.23. The van der Waals surface area contributed by atoms with Crippen molar-refractivity contribution in [3.8, 4) is 0 Å². The van der Waals surface area contributed by atoms with E-state index in [9.17, 15) is 4.79 Å². The number of allylic oxidation sites excluding steroid dienone is 2. The minimum atomic E-state index is -0.245. The Kier molecular flexibility index (Phi) is 23.5. The van der Waals surface area contributed by atoms with Gasteiger partial charge in [0.05, 0.1) is 0 Å². The molecule has 0 aromatic carbocycles. The SMILES string of the molecule is CC=C(C)C.CC=O.CCC(N)=O. The minimum absolute atomic E-state index is 0.245. The molecule has 0 spiro atoms. The van der Waals surface area contributed by atoms with Crippen LogP contribution in [0.15, 0.2) is 11.6 Å². The van der Waals surface area contributed by atoms with Crippen molar-refractivity contribution in [2.75, 3.05) is 0 Å². The summed E-state index contributed by atoms with van der Waals surface area (Å²) in [6, 6.07) is 0. The van der Waals surface area contributed by atoms with Crippen molar-refractivity contribution in [3.63, 3.8) is 0 Å². The molecule has 0 heterocycles. The molecule has 0 atom stereocenters. The second-order valence-electron chi connectivity index (χ2n) is 2.42. The van der Waals surface area contributed by atoms with Crippen molar-refractivity contribution in [2.45, 2.75) is 41.0 Å². The van der Waals surface area contributed by atoms with Crippen LogP contribution in [-0.2, 0) is 9.59 Å². The summed E-state index contributed by atoms with van der Waals surface area (Å²) in [5.74, 6) is -0.245. The van der Waals surface area contributed by atoms with Gasteiger partial charge in [-0.15, -0.1) is 0 Å².